The summed E-state index contributed by atoms with van der Waals surface area (Å²) < 4.78 is 3.35. The van der Waals surface area contributed by atoms with E-state index >= 15 is 0 Å². The molecule has 5 nitrogen and oxygen atoms in total. The van der Waals surface area contributed by atoms with Gasteiger partial charge in [0.15, 0.2) is 5.82 Å². The van der Waals surface area contributed by atoms with Gasteiger partial charge in [-0.25, -0.2) is 4.98 Å². The van der Waals surface area contributed by atoms with Gasteiger partial charge in [0.25, 0.3) is 0 Å². The number of hydrogen-bond donors (Lipinski definition) is 0. The van der Waals surface area contributed by atoms with Gasteiger partial charge in [0.05, 0.1) is 11.9 Å². The molecule has 0 aliphatic carbocycles. The molecule has 0 aromatic carbocycles. The maximum absolute atomic E-state index is 11.9. The molecule has 2 aromatic heterocycles. The maximum atomic E-state index is 11.9. The lowest BCUT2D eigenvalue weighted by atomic mass is 10.3. The van der Waals surface area contributed by atoms with Crippen LogP contribution in [-0.2, 0) is 13.6 Å². The molecule has 2 heterocycles. The fourth-order valence-corrected chi connectivity index (χ4v) is 1.73. The van der Waals surface area contributed by atoms with Gasteiger partial charge in [-0.3, -0.25) is 9.48 Å². The van der Waals surface area contributed by atoms with Crippen LogP contribution in [0.25, 0.3) is 6.08 Å². The van der Waals surface area contributed by atoms with E-state index in [0.717, 1.165) is 12.2 Å². The minimum Gasteiger partial charge on any atom is -0.315 e. The van der Waals surface area contributed by atoms with Gasteiger partial charge < -0.3 is 4.57 Å². The van der Waals surface area contributed by atoms with Gasteiger partial charge in [-0.2, -0.15) is 5.10 Å². The molecule has 0 saturated carbocycles. The summed E-state index contributed by atoms with van der Waals surface area (Å²) in [4.78, 5) is 15.9. The molecular formula is C12H13ClN4O. The fraction of sp³-hybridized carbons (Fsp3) is 0.250. The van der Waals surface area contributed by atoms with Gasteiger partial charge in [0.1, 0.15) is 5.15 Å². The van der Waals surface area contributed by atoms with E-state index in [-0.39, 0.29) is 5.78 Å². The summed E-state index contributed by atoms with van der Waals surface area (Å²) in [5.41, 5.74) is 0.881. The topological polar surface area (TPSA) is 52.7 Å². The molecule has 94 valence electrons. The molecule has 0 spiro atoms. The Morgan fingerprint density at radius 1 is 1.56 bits per heavy atom. The highest BCUT2D eigenvalue weighted by Gasteiger charge is 2.10. The SMILES string of the molecule is CCn1nccc1C=CC(=O)c1ncc(Cl)n1C. The summed E-state index contributed by atoms with van der Waals surface area (Å²) in [6.45, 7) is 2.75. The molecule has 0 aliphatic heterocycles. The van der Waals surface area contributed by atoms with E-state index in [1.54, 1.807) is 28.6 Å². The van der Waals surface area contributed by atoms with Crippen LogP contribution in [0.2, 0.25) is 5.15 Å². The van der Waals surface area contributed by atoms with Crippen LogP contribution in [0.15, 0.2) is 24.5 Å². The Balaban J connectivity index is 2.19. The van der Waals surface area contributed by atoms with Crippen LogP contribution in [0.3, 0.4) is 0 Å². The standard InChI is InChI=1S/C12H13ClN4O/c1-3-17-9(6-7-15-17)4-5-10(18)12-14-8-11(13)16(12)2/h4-8H,3H2,1-2H3. The molecular weight excluding hydrogens is 252 g/mol. The maximum Gasteiger partial charge on any atom is 0.221 e. The normalized spacial score (nSPS) is 11.3. The lowest BCUT2D eigenvalue weighted by Gasteiger charge is -1.99. The predicted octanol–water partition coefficient (Wildman–Crippen LogP) is 2.19. The van der Waals surface area contributed by atoms with E-state index in [2.05, 4.69) is 10.1 Å². The first-order valence-corrected chi connectivity index (χ1v) is 5.92. The number of rotatable bonds is 4. The lowest BCUT2D eigenvalue weighted by molar-refractivity contribution is 0.103. The van der Waals surface area contributed by atoms with Crippen LogP contribution >= 0.6 is 11.6 Å². The van der Waals surface area contributed by atoms with Crippen LogP contribution in [-0.4, -0.2) is 25.1 Å². The van der Waals surface area contributed by atoms with Crippen molar-refractivity contribution in [2.45, 2.75) is 13.5 Å². The first-order chi connectivity index (χ1) is 8.63. The second-order valence-corrected chi connectivity index (χ2v) is 4.12. The van der Waals surface area contributed by atoms with E-state index in [1.807, 2.05) is 13.0 Å². The third-order valence-corrected chi connectivity index (χ3v) is 2.96. The molecule has 0 aliphatic rings. The molecule has 0 fully saturated rings. The smallest absolute Gasteiger partial charge is 0.221 e. The molecule has 18 heavy (non-hydrogen) atoms. The first kappa shape index (κ1) is 12.6. The number of carbonyl (C=O) groups is 1. The number of halogens is 1. The van der Waals surface area contributed by atoms with Gasteiger partial charge in [0, 0.05) is 19.8 Å². The van der Waals surface area contributed by atoms with Crippen molar-refractivity contribution in [3.05, 3.63) is 41.2 Å². The number of hydrogen-bond acceptors (Lipinski definition) is 3. The van der Waals surface area contributed by atoms with Crippen LogP contribution in [0.1, 0.15) is 23.2 Å². The van der Waals surface area contributed by atoms with Gasteiger partial charge in [0.2, 0.25) is 5.78 Å². The third kappa shape index (κ3) is 2.36. The molecule has 0 saturated heterocycles. The van der Waals surface area contributed by atoms with Crippen molar-refractivity contribution < 1.29 is 4.79 Å². The molecule has 0 atom stereocenters. The third-order valence-electron chi connectivity index (χ3n) is 2.61. The van der Waals surface area contributed by atoms with E-state index < -0.39 is 0 Å². The summed E-state index contributed by atoms with van der Waals surface area (Å²) in [5.74, 6) is 0.132. The van der Waals surface area contributed by atoms with Gasteiger partial charge >= 0.3 is 0 Å². The molecule has 0 amide bonds. The summed E-state index contributed by atoms with van der Waals surface area (Å²) in [6.07, 6.45) is 6.35. The molecule has 0 unspecified atom stereocenters. The molecule has 0 N–H and O–H groups in total. The van der Waals surface area contributed by atoms with Crippen LogP contribution in [0.5, 0.6) is 0 Å². The summed E-state index contributed by atoms with van der Waals surface area (Å²) in [6, 6.07) is 1.85. The number of allylic oxidation sites excluding steroid dienone is 1. The average molecular weight is 265 g/mol. The Hall–Kier alpha value is -1.88. The number of carbonyl (C=O) groups excluding carboxylic acids is 1. The highest BCUT2D eigenvalue weighted by atomic mass is 35.5. The van der Waals surface area contributed by atoms with E-state index in [4.69, 9.17) is 11.6 Å². The van der Waals surface area contributed by atoms with Gasteiger partial charge in [-0.1, -0.05) is 11.6 Å². The zero-order valence-electron chi connectivity index (χ0n) is 10.2. The van der Waals surface area contributed by atoms with Crippen molar-refractivity contribution in [3.8, 4) is 0 Å². The molecule has 0 bridgehead atoms. The lowest BCUT2D eigenvalue weighted by Crippen LogP contribution is -2.05. The Morgan fingerprint density at radius 3 is 2.94 bits per heavy atom. The van der Waals surface area contributed by atoms with Crippen LogP contribution < -0.4 is 0 Å². The minimum atomic E-state index is -0.187. The Labute approximate surface area is 110 Å². The highest BCUT2D eigenvalue weighted by Crippen LogP contribution is 2.10. The second kappa shape index (κ2) is 5.18. The largest absolute Gasteiger partial charge is 0.315 e. The number of imidazole rings is 1. The quantitative estimate of drug-likeness (QED) is 0.628. The van der Waals surface area contributed by atoms with E-state index in [9.17, 15) is 4.79 Å². The Bertz CT molecular complexity index is 597. The van der Waals surface area contributed by atoms with E-state index in [1.165, 1.54) is 12.3 Å². The van der Waals surface area contributed by atoms with Crippen molar-refractivity contribution in [1.29, 1.82) is 0 Å². The highest BCUT2D eigenvalue weighted by molar-refractivity contribution is 6.29. The average Bonchev–Trinajstić information content (AvgIpc) is 2.94. The van der Waals surface area contributed by atoms with Crippen LogP contribution in [0.4, 0.5) is 0 Å². The molecule has 2 rings (SSSR count). The zero-order valence-corrected chi connectivity index (χ0v) is 10.9. The predicted molar refractivity (Wildman–Crippen MR) is 69.5 cm³/mol. The van der Waals surface area contributed by atoms with E-state index in [0.29, 0.717) is 11.0 Å². The van der Waals surface area contributed by atoms with Crippen LogP contribution in [0, 0.1) is 0 Å². The number of ketones is 1. The van der Waals surface area contributed by atoms with Crippen molar-refractivity contribution >= 4 is 23.5 Å². The van der Waals surface area contributed by atoms with Gasteiger partial charge in [-0.15, -0.1) is 0 Å². The summed E-state index contributed by atoms with van der Waals surface area (Å²) in [7, 11) is 1.70. The number of aryl methyl sites for hydroxylation is 1. The minimum absolute atomic E-state index is 0.187. The summed E-state index contributed by atoms with van der Waals surface area (Å²) in [5, 5.41) is 4.55. The van der Waals surface area contributed by atoms with Crippen molar-refractivity contribution in [3.63, 3.8) is 0 Å². The van der Waals surface area contributed by atoms with Crippen molar-refractivity contribution in [2.75, 3.05) is 0 Å². The monoisotopic (exact) mass is 264 g/mol. The van der Waals surface area contributed by atoms with Crippen molar-refractivity contribution in [1.82, 2.24) is 19.3 Å². The number of aromatic nitrogens is 4. The number of nitrogens with zero attached hydrogens (tertiary/aromatic N) is 4. The van der Waals surface area contributed by atoms with Gasteiger partial charge in [-0.05, 0) is 25.1 Å². The summed E-state index contributed by atoms with van der Waals surface area (Å²) >= 11 is 5.83. The molecule has 2 aromatic rings. The molecule has 6 heteroatoms. The first-order valence-electron chi connectivity index (χ1n) is 5.55. The zero-order chi connectivity index (χ0) is 13.1. The fourth-order valence-electron chi connectivity index (χ4n) is 1.60. The Kier molecular flexibility index (Phi) is 3.62. The van der Waals surface area contributed by atoms with Crippen molar-refractivity contribution in [2.24, 2.45) is 7.05 Å². The Morgan fingerprint density at radius 2 is 2.33 bits per heavy atom. The second-order valence-electron chi connectivity index (χ2n) is 3.73. The molecule has 0 radical (unpaired) electrons.